The summed E-state index contributed by atoms with van der Waals surface area (Å²) in [7, 11) is 0. The molecule has 0 atom stereocenters. The molecule has 3 aromatic rings. The molecule has 1 fully saturated rings. The largest absolute Gasteiger partial charge is 0.492 e. The summed E-state index contributed by atoms with van der Waals surface area (Å²) in [6, 6.07) is 9.79. The Morgan fingerprint density at radius 2 is 1.81 bits per heavy atom. The molecule has 0 bridgehead atoms. The molecule has 32 heavy (non-hydrogen) atoms. The molecule has 1 amide bonds. The molecule has 1 aromatic heterocycles. The highest BCUT2D eigenvalue weighted by Crippen LogP contribution is 2.39. The van der Waals surface area contributed by atoms with Gasteiger partial charge in [0.15, 0.2) is 0 Å². The van der Waals surface area contributed by atoms with E-state index in [9.17, 15) is 4.79 Å². The minimum Gasteiger partial charge on any atom is -0.492 e. The van der Waals surface area contributed by atoms with Gasteiger partial charge in [-0.25, -0.2) is 0 Å². The smallest absolute Gasteiger partial charge is 0.229 e. The molecule has 0 spiro atoms. The van der Waals surface area contributed by atoms with Crippen molar-refractivity contribution < 1.29 is 23.4 Å². The van der Waals surface area contributed by atoms with Crippen LogP contribution in [0.4, 0.5) is 11.4 Å². The maximum atomic E-state index is 12.9. The van der Waals surface area contributed by atoms with Gasteiger partial charge in [0.1, 0.15) is 17.1 Å². The lowest BCUT2D eigenvalue weighted by atomic mass is 10.1. The Morgan fingerprint density at radius 3 is 2.56 bits per heavy atom. The molecule has 7 nitrogen and oxygen atoms in total. The highest BCUT2D eigenvalue weighted by Gasteiger charge is 2.21. The summed E-state index contributed by atoms with van der Waals surface area (Å²) in [6.45, 7) is 9.82. The lowest BCUT2D eigenvalue weighted by Gasteiger charge is -2.31. The SMILES string of the molecule is CCOc1cc(N2CCOCC2)c(OCC)cc1NC(=O)Cc1coc2cc(C)ccc12. The van der Waals surface area contributed by atoms with Crippen molar-refractivity contribution in [3.05, 3.63) is 47.7 Å². The Bertz CT molecular complexity index is 1090. The van der Waals surface area contributed by atoms with E-state index < -0.39 is 0 Å². The lowest BCUT2D eigenvalue weighted by molar-refractivity contribution is -0.115. The fourth-order valence-corrected chi connectivity index (χ4v) is 3.94. The standard InChI is InChI=1S/C25H30N2O5/c1-4-30-23-15-21(27-8-10-29-11-9-27)24(31-5-2)14-20(23)26-25(28)13-18-16-32-22-12-17(3)6-7-19(18)22/h6-7,12,14-16H,4-5,8-11,13H2,1-3H3,(H,26,28). The third kappa shape index (κ3) is 4.83. The molecule has 1 N–H and O–H groups in total. The maximum absolute atomic E-state index is 12.9. The monoisotopic (exact) mass is 438 g/mol. The zero-order valence-electron chi connectivity index (χ0n) is 18.9. The van der Waals surface area contributed by atoms with Crippen LogP contribution < -0.4 is 19.7 Å². The molecule has 1 saturated heterocycles. The van der Waals surface area contributed by atoms with Crippen LogP contribution in [0.15, 0.2) is 41.0 Å². The van der Waals surface area contributed by atoms with Gasteiger partial charge in [-0.2, -0.15) is 0 Å². The van der Waals surface area contributed by atoms with Gasteiger partial charge in [0.2, 0.25) is 5.91 Å². The number of ether oxygens (including phenoxy) is 3. The minimum atomic E-state index is -0.143. The number of furan rings is 1. The van der Waals surface area contributed by atoms with Crippen molar-refractivity contribution in [1.29, 1.82) is 0 Å². The Hall–Kier alpha value is -3.19. The van der Waals surface area contributed by atoms with E-state index >= 15 is 0 Å². The number of nitrogens with zero attached hydrogens (tertiary/aromatic N) is 1. The van der Waals surface area contributed by atoms with Crippen molar-refractivity contribution in [1.82, 2.24) is 0 Å². The number of benzene rings is 2. The summed E-state index contributed by atoms with van der Waals surface area (Å²) in [5, 5.41) is 3.96. The number of aryl methyl sites for hydroxylation is 1. The summed E-state index contributed by atoms with van der Waals surface area (Å²) in [4.78, 5) is 15.2. The number of fused-ring (bicyclic) bond motifs is 1. The summed E-state index contributed by atoms with van der Waals surface area (Å²) in [5.41, 5.74) is 4.31. The summed E-state index contributed by atoms with van der Waals surface area (Å²) in [6.07, 6.45) is 1.86. The van der Waals surface area contributed by atoms with Crippen LogP contribution in [0.2, 0.25) is 0 Å². The predicted octanol–water partition coefficient (Wildman–Crippen LogP) is 4.56. The third-order valence-electron chi connectivity index (χ3n) is 5.45. The van der Waals surface area contributed by atoms with Crippen molar-refractivity contribution in [2.24, 2.45) is 0 Å². The molecule has 0 aliphatic carbocycles. The van der Waals surface area contributed by atoms with Crippen molar-refractivity contribution in [2.75, 3.05) is 49.7 Å². The average molecular weight is 439 g/mol. The summed E-state index contributed by atoms with van der Waals surface area (Å²) >= 11 is 0. The van der Waals surface area contributed by atoms with Gasteiger partial charge in [-0.1, -0.05) is 12.1 Å². The summed E-state index contributed by atoms with van der Waals surface area (Å²) in [5.74, 6) is 1.20. The lowest BCUT2D eigenvalue weighted by Crippen LogP contribution is -2.36. The second-order valence-electron chi connectivity index (χ2n) is 7.77. The number of morpholine rings is 1. The van der Waals surface area contributed by atoms with Gasteiger partial charge >= 0.3 is 0 Å². The molecule has 0 saturated carbocycles. The van der Waals surface area contributed by atoms with Crippen molar-refractivity contribution in [2.45, 2.75) is 27.2 Å². The number of hydrogen-bond acceptors (Lipinski definition) is 6. The van der Waals surface area contributed by atoms with E-state index in [0.717, 1.165) is 46.6 Å². The fraction of sp³-hybridized carbons (Fsp3) is 0.400. The molecule has 0 unspecified atom stereocenters. The average Bonchev–Trinajstić information content (AvgIpc) is 3.17. The second-order valence-corrected chi connectivity index (χ2v) is 7.77. The van der Waals surface area contributed by atoms with Crippen LogP contribution in [0.5, 0.6) is 11.5 Å². The van der Waals surface area contributed by atoms with E-state index in [2.05, 4.69) is 10.2 Å². The van der Waals surface area contributed by atoms with Gasteiger partial charge in [0, 0.05) is 36.2 Å². The van der Waals surface area contributed by atoms with E-state index in [1.807, 2.05) is 51.1 Å². The second kappa shape index (κ2) is 9.96. The van der Waals surface area contributed by atoms with Gasteiger partial charge in [0.25, 0.3) is 0 Å². The summed E-state index contributed by atoms with van der Waals surface area (Å²) < 4.78 is 22.9. The van der Waals surface area contributed by atoms with E-state index in [-0.39, 0.29) is 12.3 Å². The molecule has 2 aromatic carbocycles. The van der Waals surface area contributed by atoms with Crippen LogP contribution in [0.25, 0.3) is 11.0 Å². The van der Waals surface area contributed by atoms with Crippen molar-refractivity contribution >= 4 is 28.3 Å². The van der Waals surface area contributed by atoms with Crippen LogP contribution >= 0.6 is 0 Å². The van der Waals surface area contributed by atoms with Crippen LogP contribution in [0, 0.1) is 6.92 Å². The van der Waals surface area contributed by atoms with E-state index in [4.69, 9.17) is 18.6 Å². The van der Waals surface area contributed by atoms with Gasteiger partial charge in [-0.15, -0.1) is 0 Å². The normalized spacial score (nSPS) is 13.9. The first-order valence-electron chi connectivity index (χ1n) is 11.1. The number of hydrogen-bond donors (Lipinski definition) is 1. The number of amides is 1. The molecule has 2 heterocycles. The predicted molar refractivity (Wildman–Crippen MR) is 125 cm³/mol. The number of carbonyl (C=O) groups excluding carboxylic acids is 1. The molecule has 7 heteroatoms. The molecule has 1 aliphatic rings. The zero-order valence-corrected chi connectivity index (χ0v) is 18.9. The molecule has 170 valence electrons. The van der Waals surface area contributed by atoms with Crippen LogP contribution in [0.1, 0.15) is 25.0 Å². The third-order valence-corrected chi connectivity index (χ3v) is 5.45. The van der Waals surface area contributed by atoms with Gasteiger partial charge in [-0.3, -0.25) is 4.79 Å². The molecular formula is C25H30N2O5. The van der Waals surface area contributed by atoms with Crippen LogP contribution in [-0.2, 0) is 16.0 Å². The van der Waals surface area contributed by atoms with Crippen molar-refractivity contribution in [3.8, 4) is 11.5 Å². The topological polar surface area (TPSA) is 73.2 Å². The van der Waals surface area contributed by atoms with Crippen molar-refractivity contribution in [3.63, 3.8) is 0 Å². The zero-order chi connectivity index (χ0) is 22.5. The van der Waals surface area contributed by atoms with E-state index in [0.29, 0.717) is 37.9 Å². The first-order valence-corrected chi connectivity index (χ1v) is 11.1. The minimum absolute atomic E-state index is 0.143. The fourth-order valence-electron chi connectivity index (χ4n) is 3.94. The number of carbonyl (C=O) groups is 1. The quantitative estimate of drug-likeness (QED) is 0.556. The van der Waals surface area contributed by atoms with Crippen LogP contribution in [0.3, 0.4) is 0 Å². The molecule has 1 aliphatic heterocycles. The highest BCUT2D eigenvalue weighted by molar-refractivity contribution is 5.97. The molecular weight excluding hydrogens is 408 g/mol. The number of rotatable bonds is 8. The van der Waals surface area contributed by atoms with Crippen LogP contribution in [-0.4, -0.2) is 45.4 Å². The molecule has 0 radical (unpaired) electrons. The highest BCUT2D eigenvalue weighted by atomic mass is 16.5. The Morgan fingerprint density at radius 1 is 1.06 bits per heavy atom. The maximum Gasteiger partial charge on any atom is 0.229 e. The van der Waals surface area contributed by atoms with Gasteiger partial charge in [0.05, 0.1) is 50.5 Å². The Balaban J connectivity index is 1.59. The molecule has 4 rings (SSSR count). The number of anilines is 2. The van der Waals surface area contributed by atoms with Gasteiger partial charge < -0.3 is 28.8 Å². The Labute approximate surface area is 188 Å². The first-order chi connectivity index (χ1) is 15.6. The first kappa shape index (κ1) is 22.0. The Kier molecular flexibility index (Phi) is 6.85. The van der Waals surface area contributed by atoms with E-state index in [1.165, 1.54) is 0 Å². The van der Waals surface area contributed by atoms with E-state index in [1.54, 1.807) is 6.26 Å². The number of nitrogens with one attached hydrogen (secondary N) is 1. The van der Waals surface area contributed by atoms with Gasteiger partial charge in [-0.05, 0) is 32.4 Å².